The monoisotopic (exact) mass is 804 g/mol. The van der Waals surface area contributed by atoms with Crippen LogP contribution >= 0.6 is 22.9 Å². The lowest BCUT2D eigenvalue weighted by molar-refractivity contribution is -0.0799. The van der Waals surface area contributed by atoms with Crippen molar-refractivity contribution in [1.29, 1.82) is 5.26 Å². The van der Waals surface area contributed by atoms with Crippen LogP contribution in [0.15, 0.2) is 42.6 Å². The molecule has 2 unspecified atom stereocenters. The molecule has 2 fully saturated rings. The molecule has 3 aliphatic heterocycles. The Labute approximate surface area is 320 Å². The van der Waals surface area contributed by atoms with Crippen molar-refractivity contribution in [3.63, 3.8) is 0 Å². The number of hydrogen-bond acceptors (Lipinski definition) is 11. The van der Waals surface area contributed by atoms with Crippen LogP contribution in [-0.4, -0.2) is 71.6 Å². The number of allylic oxidation sites excluding steroid dienone is 2. The molecule has 10 nitrogen and oxygen atoms in total. The van der Waals surface area contributed by atoms with E-state index < -0.39 is 24.0 Å². The van der Waals surface area contributed by atoms with Crippen LogP contribution in [0, 0.1) is 23.0 Å². The zero-order chi connectivity index (χ0) is 39.6. The molecule has 0 saturated carbocycles. The van der Waals surface area contributed by atoms with Crippen molar-refractivity contribution in [3.05, 3.63) is 70.4 Å². The van der Waals surface area contributed by atoms with E-state index >= 15 is 4.39 Å². The number of fused-ring (bicyclic) bond motifs is 2. The minimum absolute atomic E-state index is 0.0352. The van der Waals surface area contributed by atoms with Gasteiger partial charge in [0.15, 0.2) is 11.6 Å². The summed E-state index contributed by atoms with van der Waals surface area (Å²) in [4.78, 5) is 17.1. The standard InChI is InChI=1S/C26H18ClF2N7O2S.C7H12FN.C4H5F3/c1-37-26-34-20-17-21(38-8-7-36(25(17)35-26)10-11-3-2-6-33-23(11)31)18(27)16(19(20)29)12-4-5-14(28)22-15(12)13(9-30)24(32)39-22;8-6-4-7-2-1-3-9(7)5-6;1-2-3-4(5,6)7/h2-6H,7-8,10,32H2,1H3,(H2,31,33);6-7H,1-5H2;2-3H,1H3/b;;3-2-. The van der Waals surface area contributed by atoms with Gasteiger partial charge in [0.2, 0.25) is 0 Å². The lowest BCUT2D eigenvalue weighted by Crippen LogP contribution is -2.28. The number of methoxy groups -OCH3 is 1. The van der Waals surface area contributed by atoms with Crippen LogP contribution in [0.5, 0.6) is 11.8 Å². The highest BCUT2D eigenvalue weighted by atomic mass is 35.5. The van der Waals surface area contributed by atoms with E-state index in [0.717, 1.165) is 35.9 Å². The van der Waals surface area contributed by atoms with Gasteiger partial charge in [-0.25, -0.2) is 18.2 Å². The van der Waals surface area contributed by atoms with Crippen molar-refractivity contribution in [2.24, 2.45) is 0 Å². The fourth-order valence-electron chi connectivity index (χ4n) is 6.96. The number of thiophene rings is 1. The summed E-state index contributed by atoms with van der Waals surface area (Å²) in [6.07, 6.45) is 1.42. The molecular formula is C37H35ClF6N8O2S. The average molecular weight is 805 g/mol. The summed E-state index contributed by atoms with van der Waals surface area (Å²) in [5.41, 5.74) is 12.8. The third-order valence-corrected chi connectivity index (χ3v) is 10.7. The molecule has 4 N–H and O–H groups in total. The van der Waals surface area contributed by atoms with Crippen molar-refractivity contribution in [2.45, 2.75) is 51.1 Å². The van der Waals surface area contributed by atoms with Crippen molar-refractivity contribution in [2.75, 3.05) is 49.7 Å². The van der Waals surface area contributed by atoms with Gasteiger partial charge in [-0.3, -0.25) is 4.90 Å². The lowest BCUT2D eigenvalue weighted by atomic mass is 9.96. The Morgan fingerprint density at radius 1 is 1.16 bits per heavy atom. The van der Waals surface area contributed by atoms with E-state index in [1.807, 2.05) is 17.0 Å². The van der Waals surface area contributed by atoms with Gasteiger partial charge < -0.3 is 25.8 Å². The van der Waals surface area contributed by atoms with Crippen molar-refractivity contribution in [3.8, 4) is 29.0 Å². The topological polar surface area (TPSA) is 139 Å². The maximum Gasteiger partial charge on any atom is 0.409 e. The van der Waals surface area contributed by atoms with Gasteiger partial charge >= 0.3 is 12.2 Å². The summed E-state index contributed by atoms with van der Waals surface area (Å²) in [7, 11) is 1.37. The normalized spacial score (nSPS) is 17.9. The highest BCUT2D eigenvalue weighted by Gasteiger charge is 2.35. The Kier molecular flexibility index (Phi) is 11.8. The zero-order valence-corrected chi connectivity index (χ0v) is 31.1. The molecule has 5 aromatic rings. The smallest absolute Gasteiger partial charge is 0.409 e. The molecule has 0 bridgehead atoms. The molecule has 18 heteroatoms. The van der Waals surface area contributed by atoms with E-state index in [1.54, 1.807) is 12.3 Å². The SMILES string of the molecule is C/C=C\C(F)(F)F.COc1nc2c3c(c(Cl)c(-c4ccc(F)c5sc(N)c(C#N)c45)c(F)c3n1)OCCN2Cc1cccnc1N.FC1CC2CCCN2C1. The van der Waals surface area contributed by atoms with Gasteiger partial charge in [-0.05, 0) is 50.4 Å². The Morgan fingerprint density at radius 3 is 2.60 bits per heavy atom. The minimum atomic E-state index is -4.13. The number of nitrogens with two attached hydrogens (primary N) is 2. The van der Waals surface area contributed by atoms with Gasteiger partial charge in [-0.1, -0.05) is 29.8 Å². The first-order chi connectivity index (χ1) is 26.3. The number of aromatic nitrogens is 3. The fourth-order valence-corrected chi connectivity index (χ4v) is 8.24. The number of nitriles is 1. The minimum Gasteiger partial charge on any atom is -0.489 e. The van der Waals surface area contributed by atoms with Gasteiger partial charge in [0.05, 0.1) is 34.3 Å². The molecule has 55 heavy (non-hydrogen) atoms. The summed E-state index contributed by atoms with van der Waals surface area (Å²) in [6.45, 7) is 4.01. The van der Waals surface area contributed by atoms with E-state index in [4.69, 9.17) is 32.5 Å². The maximum atomic E-state index is 16.5. The molecule has 0 spiro atoms. The van der Waals surface area contributed by atoms with E-state index in [0.29, 0.717) is 37.3 Å². The fraction of sp³-hybridized carbons (Fsp3) is 0.351. The predicted molar refractivity (Wildman–Crippen MR) is 201 cm³/mol. The highest BCUT2D eigenvalue weighted by Crippen LogP contribution is 2.50. The molecule has 2 saturated heterocycles. The number of ether oxygens (including phenoxy) is 2. The summed E-state index contributed by atoms with van der Waals surface area (Å²) < 4.78 is 88.3. The molecule has 0 radical (unpaired) electrons. The van der Waals surface area contributed by atoms with E-state index in [-0.39, 0.29) is 72.1 Å². The summed E-state index contributed by atoms with van der Waals surface area (Å²) in [6, 6.07) is 8.67. The van der Waals surface area contributed by atoms with Crippen LogP contribution in [0.2, 0.25) is 5.02 Å². The molecular weight excluding hydrogens is 770 g/mol. The van der Waals surface area contributed by atoms with Crippen LogP contribution in [0.25, 0.3) is 32.1 Å². The Hall–Kier alpha value is -5.05. The first-order valence-corrected chi connectivity index (χ1v) is 18.3. The van der Waals surface area contributed by atoms with Gasteiger partial charge in [-0.2, -0.15) is 28.4 Å². The van der Waals surface area contributed by atoms with Crippen LogP contribution in [0.1, 0.15) is 37.3 Å². The molecule has 0 aliphatic carbocycles. The van der Waals surface area contributed by atoms with Crippen molar-refractivity contribution < 1.29 is 35.8 Å². The molecule has 6 heterocycles. The number of pyridine rings is 1. The number of benzene rings is 2. The van der Waals surface area contributed by atoms with E-state index in [1.165, 1.54) is 39.0 Å². The molecule has 3 aliphatic rings. The summed E-state index contributed by atoms with van der Waals surface area (Å²) in [5, 5.41) is 10.2. The van der Waals surface area contributed by atoms with E-state index in [2.05, 4.69) is 19.9 Å². The van der Waals surface area contributed by atoms with Crippen LogP contribution < -0.4 is 25.8 Å². The zero-order valence-electron chi connectivity index (χ0n) is 29.6. The van der Waals surface area contributed by atoms with Crippen molar-refractivity contribution in [1.82, 2.24) is 19.9 Å². The molecule has 3 aromatic heterocycles. The lowest BCUT2D eigenvalue weighted by Gasteiger charge is -2.23. The number of halogens is 7. The Balaban J connectivity index is 0.000000265. The second kappa shape index (κ2) is 16.4. The molecule has 8 rings (SSSR count). The Morgan fingerprint density at radius 2 is 1.95 bits per heavy atom. The molecule has 2 atom stereocenters. The van der Waals surface area contributed by atoms with Crippen molar-refractivity contribution >= 4 is 60.6 Å². The Bertz CT molecular complexity index is 2290. The number of nitrogen functional groups attached to an aromatic ring is 2. The number of nitrogens with zero attached hydrogens (tertiary/aromatic N) is 6. The number of rotatable bonds is 4. The molecule has 2 aromatic carbocycles. The van der Waals surface area contributed by atoms with Crippen LogP contribution in [-0.2, 0) is 6.54 Å². The quantitative estimate of drug-likeness (QED) is 0.134. The summed E-state index contributed by atoms with van der Waals surface area (Å²) in [5.74, 6) is -0.560. The number of hydrogen-bond donors (Lipinski definition) is 2. The average Bonchev–Trinajstić information content (AvgIpc) is 3.79. The second-order valence-electron chi connectivity index (χ2n) is 12.8. The molecule has 290 valence electrons. The van der Waals surface area contributed by atoms with Gasteiger partial charge in [-0.15, -0.1) is 11.3 Å². The number of anilines is 3. The first kappa shape index (κ1) is 39.6. The van der Waals surface area contributed by atoms with Crippen LogP contribution in [0.4, 0.5) is 43.0 Å². The summed E-state index contributed by atoms with van der Waals surface area (Å²) >= 11 is 7.76. The maximum absolute atomic E-state index is 16.5. The number of alkyl halides is 4. The van der Waals surface area contributed by atoms with Gasteiger partial charge in [0, 0.05) is 47.9 Å². The van der Waals surface area contributed by atoms with Gasteiger partial charge in [0.25, 0.3) is 0 Å². The third-order valence-electron chi connectivity index (χ3n) is 9.33. The van der Waals surface area contributed by atoms with E-state index in [9.17, 15) is 27.2 Å². The molecule has 0 amide bonds. The largest absolute Gasteiger partial charge is 0.489 e. The predicted octanol–water partition coefficient (Wildman–Crippen LogP) is 8.60. The van der Waals surface area contributed by atoms with Crippen LogP contribution in [0.3, 0.4) is 0 Å². The third kappa shape index (κ3) is 8.17. The highest BCUT2D eigenvalue weighted by molar-refractivity contribution is 7.23. The van der Waals surface area contributed by atoms with Gasteiger partial charge in [0.1, 0.15) is 46.8 Å². The first-order valence-electron chi connectivity index (χ1n) is 17.1. The second-order valence-corrected chi connectivity index (χ2v) is 14.3.